The summed E-state index contributed by atoms with van der Waals surface area (Å²) in [6.07, 6.45) is 4.05. The lowest BCUT2D eigenvalue weighted by Gasteiger charge is -2.09. The Balaban J connectivity index is 1.85. The normalized spacial score (nSPS) is 14.3. The lowest BCUT2D eigenvalue weighted by Crippen LogP contribution is -2.16. The van der Waals surface area contributed by atoms with Gasteiger partial charge in [0.05, 0.1) is 0 Å². The van der Waals surface area contributed by atoms with Crippen molar-refractivity contribution in [3.63, 3.8) is 0 Å². The van der Waals surface area contributed by atoms with Crippen LogP contribution in [-0.4, -0.2) is 10.5 Å². The summed E-state index contributed by atoms with van der Waals surface area (Å²) in [5, 5.41) is 2.92. The molecule has 1 amide bonds. The largest absolute Gasteiger partial charge is 0.339 e. The molecule has 1 aromatic heterocycles. The number of hydrogen-bond acceptors (Lipinski definition) is 1. The van der Waals surface area contributed by atoms with Gasteiger partial charge in [0.25, 0.3) is 5.91 Å². The Kier molecular flexibility index (Phi) is 3.56. The molecule has 1 aromatic carbocycles. The van der Waals surface area contributed by atoms with Gasteiger partial charge < -0.3 is 9.88 Å². The molecule has 2 aromatic rings. The van der Waals surface area contributed by atoms with E-state index in [1.807, 2.05) is 10.8 Å². The van der Waals surface area contributed by atoms with E-state index in [2.05, 4.69) is 21.2 Å². The molecule has 3 rings (SSSR count). The average Bonchev–Trinajstić information content (AvgIpc) is 3.11. The molecule has 0 saturated heterocycles. The smallest absolute Gasteiger partial charge is 0.272 e. The van der Waals surface area contributed by atoms with Crippen LogP contribution >= 0.6 is 27.5 Å². The van der Waals surface area contributed by atoms with Crippen LogP contribution in [0.1, 0.15) is 29.4 Å². The van der Waals surface area contributed by atoms with E-state index in [-0.39, 0.29) is 10.9 Å². The molecule has 1 aliphatic carbocycles. The van der Waals surface area contributed by atoms with Crippen LogP contribution in [0.3, 0.4) is 0 Å². The Morgan fingerprint density at radius 2 is 2.10 bits per heavy atom. The Morgan fingerprint density at radius 1 is 1.35 bits per heavy atom. The van der Waals surface area contributed by atoms with E-state index >= 15 is 0 Å². The van der Waals surface area contributed by atoms with Crippen molar-refractivity contribution in [2.75, 3.05) is 5.32 Å². The van der Waals surface area contributed by atoms with Crippen LogP contribution in [0.5, 0.6) is 0 Å². The molecule has 3 nitrogen and oxygen atoms in total. The maximum Gasteiger partial charge on any atom is 0.272 e. The standard InChI is InChI=1S/C14H11BrClFN2O/c15-8-3-13(19(7-8)12-1-2-12)14(20)18-11-5-9(16)4-10(17)6-11/h3-7,12H,1-2H2,(H,18,20). The second-order valence-electron chi connectivity index (χ2n) is 4.79. The monoisotopic (exact) mass is 356 g/mol. The van der Waals surface area contributed by atoms with Crippen LogP contribution in [0.25, 0.3) is 0 Å². The summed E-state index contributed by atoms with van der Waals surface area (Å²) in [6, 6.07) is 6.10. The van der Waals surface area contributed by atoms with E-state index in [0.717, 1.165) is 17.3 Å². The van der Waals surface area contributed by atoms with Crippen LogP contribution in [0.2, 0.25) is 5.02 Å². The van der Waals surface area contributed by atoms with Gasteiger partial charge in [-0.05, 0) is 53.0 Å². The Bertz CT molecular complexity index is 662. The van der Waals surface area contributed by atoms with Crippen molar-refractivity contribution < 1.29 is 9.18 Å². The van der Waals surface area contributed by atoms with E-state index in [4.69, 9.17) is 11.6 Å². The van der Waals surface area contributed by atoms with Crippen molar-refractivity contribution >= 4 is 39.1 Å². The van der Waals surface area contributed by atoms with Gasteiger partial charge in [-0.15, -0.1) is 0 Å². The summed E-state index contributed by atoms with van der Waals surface area (Å²) >= 11 is 9.15. The third-order valence-corrected chi connectivity index (χ3v) is 3.76. The molecule has 0 aliphatic heterocycles. The Morgan fingerprint density at radius 3 is 2.75 bits per heavy atom. The van der Waals surface area contributed by atoms with Crippen molar-refractivity contribution in [3.8, 4) is 0 Å². The molecule has 0 unspecified atom stereocenters. The molecule has 1 fully saturated rings. The summed E-state index contributed by atoms with van der Waals surface area (Å²) in [6.45, 7) is 0. The van der Waals surface area contributed by atoms with E-state index in [0.29, 0.717) is 17.4 Å². The van der Waals surface area contributed by atoms with Gasteiger partial charge in [0.15, 0.2) is 0 Å². The first kappa shape index (κ1) is 13.6. The molecule has 6 heteroatoms. The van der Waals surface area contributed by atoms with Crippen molar-refractivity contribution in [2.24, 2.45) is 0 Å². The van der Waals surface area contributed by atoms with Gasteiger partial charge in [-0.25, -0.2) is 4.39 Å². The van der Waals surface area contributed by atoms with Crippen molar-refractivity contribution in [3.05, 3.63) is 51.5 Å². The number of hydrogen-bond donors (Lipinski definition) is 1. The van der Waals surface area contributed by atoms with E-state index < -0.39 is 5.82 Å². The highest BCUT2D eigenvalue weighted by Gasteiger charge is 2.27. The zero-order valence-corrected chi connectivity index (χ0v) is 12.7. The minimum absolute atomic E-state index is 0.249. The van der Waals surface area contributed by atoms with Crippen molar-refractivity contribution in [1.82, 2.24) is 4.57 Å². The number of amides is 1. The van der Waals surface area contributed by atoms with Gasteiger partial charge in [0, 0.05) is 27.4 Å². The van der Waals surface area contributed by atoms with Gasteiger partial charge in [0.1, 0.15) is 11.5 Å². The SMILES string of the molecule is O=C(Nc1cc(F)cc(Cl)c1)c1cc(Br)cn1C1CC1. The number of benzene rings is 1. The number of nitrogens with zero attached hydrogens (tertiary/aromatic N) is 1. The van der Waals surface area contributed by atoms with Crippen LogP contribution in [0.4, 0.5) is 10.1 Å². The van der Waals surface area contributed by atoms with E-state index in [1.165, 1.54) is 18.2 Å². The maximum atomic E-state index is 13.3. The molecule has 1 N–H and O–H groups in total. The first-order valence-corrected chi connectivity index (χ1v) is 7.35. The molecule has 0 radical (unpaired) electrons. The second kappa shape index (κ2) is 5.22. The predicted molar refractivity (Wildman–Crippen MR) is 79.8 cm³/mol. The molecule has 1 saturated carbocycles. The number of nitrogens with one attached hydrogen (secondary N) is 1. The van der Waals surface area contributed by atoms with Crippen LogP contribution in [0, 0.1) is 5.82 Å². The Hall–Kier alpha value is -1.33. The van der Waals surface area contributed by atoms with Gasteiger partial charge in [-0.1, -0.05) is 11.6 Å². The summed E-state index contributed by atoms with van der Waals surface area (Å²) in [7, 11) is 0. The molecule has 20 heavy (non-hydrogen) atoms. The maximum absolute atomic E-state index is 13.3. The molecular weight excluding hydrogens is 347 g/mol. The van der Waals surface area contributed by atoms with E-state index in [1.54, 1.807) is 6.07 Å². The highest BCUT2D eigenvalue weighted by Crippen LogP contribution is 2.37. The topological polar surface area (TPSA) is 34.0 Å². The number of carbonyl (C=O) groups excluding carboxylic acids is 1. The number of anilines is 1. The third-order valence-electron chi connectivity index (χ3n) is 3.11. The fourth-order valence-corrected chi connectivity index (χ4v) is 2.76. The molecule has 0 bridgehead atoms. The molecule has 0 spiro atoms. The van der Waals surface area contributed by atoms with E-state index in [9.17, 15) is 9.18 Å². The number of halogens is 3. The molecule has 1 heterocycles. The lowest BCUT2D eigenvalue weighted by molar-refractivity contribution is 0.101. The molecule has 1 aliphatic rings. The summed E-state index contributed by atoms with van der Waals surface area (Å²) in [5.74, 6) is -0.754. The fraction of sp³-hybridized carbons (Fsp3) is 0.214. The van der Waals surface area contributed by atoms with Gasteiger partial charge in [-0.3, -0.25) is 4.79 Å². The first-order chi connectivity index (χ1) is 9.52. The van der Waals surface area contributed by atoms with Gasteiger partial charge in [-0.2, -0.15) is 0 Å². The second-order valence-corrected chi connectivity index (χ2v) is 6.15. The summed E-state index contributed by atoms with van der Waals surface area (Å²) < 4.78 is 16.1. The molecule has 0 atom stereocenters. The van der Waals surface area contributed by atoms with Gasteiger partial charge in [0.2, 0.25) is 0 Å². The zero-order chi connectivity index (χ0) is 14.3. The highest BCUT2D eigenvalue weighted by molar-refractivity contribution is 9.10. The van der Waals surface area contributed by atoms with Crippen molar-refractivity contribution in [2.45, 2.75) is 18.9 Å². The molecule has 104 valence electrons. The minimum atomic E-state index is -0.480. The van der Waals surface area contributed by atoms with Crippen LogP contribution in [0.15, 0.2) is 34.9 Å². The highest BCUT2D eigenvalue weighted by atomic mass is 79.9. The first-order valence-electron chi connectivity index (χ1n) is 6.18. The number of carbonyl (C=O) groups is 1. The summed E-state index contributed by atoms with van der Waals surface area (Å²) in [5.41, 5.74) is 0.902. The fourth-order valence-electron chi connectivity index (χ4n) is 2.10. The quantitative estimate of drug-likeness (QED) is 0.854. The average molecular weight is 358 g/mol. The Labute approximate surface area is 128 Å². The molecular formula is C14H11BrClFN2O. The lowest BCUT2D eigenvalue weighted by atomic mass is 10.3. The van der Waals surface area contributed by atoms with Crippen molar-refractivity contribution in [1.29, 1.82) is 0 Å². The predicted octanol–water partition coefficient (Wildman–Crippen LogP) is 4.63. The summed E-state index contributed by atoms with van der Waals surface area (Å²) in [4.78, 5) is 12.3. The number of aromatic nitrogens is 1. The van der Waals surface area contributed by atoms with Crippen LogP contribution < -0.4 is 5.32 Å². The minimum Gasteiger partial charge on any atom is -0.339 e. The van der Waals surface area contributed by atoms with Crippen LogP contribution in [-0.2, 0) is 0 Å². The zero-order valence-electron chi connectivity index (χ0n) is 10.4. The number of rotatable bonds is 3. The third kappa shape index (κ3) is 2.88. The van der Waals surface area contributed by atoms with Gasteiger partial charge >= 0.3 is 0 Å².